The van der Waals surface area contributed by atoms with Crippen LogP contribution in [0.4, 0.5) is 10.5 Å². The van der Waals surface area contributed by atoms with Gasteiger partial charge in [-0.25, -0.2) is 9.59 Å². The van der Waals surface area contributed by atoms with Crippen LogP contribution in [0.25, 0.3) is 0 Å². The number of benzene rings is 1. The van der Waals surface area contributed by atoms with E-state index in [1.54, 1.807) is 20.8 Å². The Hall–Kier alpha value is -3.23. The van der Waals surface area contributed by atoms with Crippen molar-refractivity contribution in [3.8, 4) is 0 Å². The fourth-order valence-corrected chi connectivity index (χ4v) is 1.63. The largest absolute Gasteiger partial charge is 0.464 e. The van der Waals surface area contributed by atoms with Crippen molar-refractivity contribution < 1.29 is 28.8 Å². The van der Waals surface area contributed by atoms with Crippen molar-refractivity contribution in [2.75, 3.05) is 7.11 Å². The monoisotopic (exact) mass is 350 g/mol. The Balaban J connectivity index is 3.01. The Kier molecular flexibility index (Phi) is 6.38. The molecule has 0 bridgehead atoms. The van der Waals surface area contributed by atoms with Crippen molar-refractivity contribution in [1.29, 1.82) is 0 Å². The summed E-state index contributed by atoms with van der Waals surface area (Å²) in [7, 11) is 1.09. The van der Waals surface area contributed by atoms with E-state index in [1.165, 1.54) is 12.1 Å². The van der Waals surface area contributed by atoms with Gasteiger partial charge in [-0.3, -0.25) is 20.2 Å². The molecule has 1 rings (SSSR count). The zero-order valence-electron chi connectivity index (χ0n) is 14.2. The molecule has 9 heteroatoms. The van der Waals surface area contributed by atoms with Crippen molar-refractivity contribution in [3.63, 3.8) is 0 Å². The minimum Gasteiger partial charge on any atom is -0.464 e. The molecule has 1 amide bonds. The predicted octanol–water partition coefficient (Wildman–Crippen LogP) is 2.36. The van der Waals surface area contributed by atoms with Gasteiger partial charge in [0.05, 0.1) is 12.0 Å². The van der Waals surface area contributed by atoms with Crippen LogP contribution in [0.2, 0.25) is 0 Å². The molecule has 9 nitrogen and oxygen atoms in total. The third kappa shape index (κ3) is 6.42. The number of esters is 1. The highest BCUT2D eigenvalue weighted by Crippen LogP contribution is 2.13. The van der Waals surface area contributed by atoms with E-state index in [4.69, 9.17) is 4.74 Å². The van der Waals surface area contributed by atoms with Crippen LogP contribution >= 0.6 is 0 Å². The number of hydrogen-bond acceptors (Lipinski definition) is 7. The first-order valence-electron chi connectivity index (χ1n) is 7.12. The lowest BCUT2D eigenvalue weighted by atomic mass is 10.1. The average molecular weight is 350 g/mol. The number of rotatable bonds is 5. The lowest BCUT2D eigenvalue weighted by molar-refractivity contribution is -0.384. The molecule has 1 aromatic rings. The number of non-ortho nitro benzene ring substituents is 1. The fraction of sp³-hybridized carbons (Fsp3) is 0.312. The quantitative estimate of drug-likeness (QED) is 0.284. The number of alkyl carbamates (subject to hydrolysis) is 1. The number of ether oxygens (including phenoxy) is 2. The van der Waals surface area contributed by atoms with Crippen molar-refractivity contribution in [3.05, 3.63) is 51.7 Å². The van der Waals surface area contributed by atoms with Gasteiger partial charge < -0.3 is 9.47 Å². The van der Waals surface area contributed by atoms with Crippen LogP contribution in [0, 0.1) is 10.1 Å². The molecular weight excluding hydrogens is 332 g/mol. The molecule has 0 saturated heterocycles. The first-order valence-corrected chi connectivity index (χ1v) is 7.12. The standard InChI is InChI=1S/C16H18N2O7/c1-16(2,3)25-15(21)17-12(14(20)24-4)9-13(19)10-5-7-11(8-6-10)18(22)23/h5-9H,1-4H3,(H,17,21)/b12-9+. The maximum absolute atomic E-state index is 12.2. The number of carbonyl (C=O) groups excluding carboxylic acids is 3. The fourth-order valence-electron chi connectivity index (χ4n) is 1.63. The highest BCUT2D eigenvalue weighted by molar-refractivity contribution is 6.09. The minimum absolute atomic E-state index is 0.0954. The van der Waals surface area contributed by atoms with Crippen LogP contribution < -0.4 is 5.32 Å². The number of nitrogens with one attached hydrogen (secondary N) is 1. The Morgan fingerprint density at radius 3 is 2.16 bits per heavy atom. The maximum atomic E-state index is 12.2. The van der Waals surface area contributed by atoms with Crippen LogP contribution in [0.1, 0.15) is 31.1 Å². The van der Waals surface area contributed by atoms with Crippen LogP contribution in [-0.2, 0) is 14.3 Å². The van der Waals surface area contributed by atoms with Crippen LogP contribution in [0.5, 0.6) is 0 Å². The van der Waals surface area contributed by atoms with E-state index in [0.29, 0.717) is 0 Å². The van der Waals surface area contributed by atoms with Gasteiger partial charge in [-0.1, -0.05) is 0 Å². The number of hydrogen-bond donors (Lipinski definition) is 1. The summed E-state index contributed by atoms with van der Waals surface area (Å²) in [5.74, 6) is -1.59. The van der Waals surface area contributed by atoms with Gasteiger partial charge in [0, 0.05) is 23.8 Å². The molecule has 0 fully saturated rings. The van der Waals surface area contributed by atoms with E-state index in [0.717, 1.165) is 25.3 Å². The molecule has 25 heavy (non-hydrogen) atoms. The number of nitro groups is 1. The lowest BCUT2D eigenvalue weighted by Crippen LogP contribution is -2.34. The molecule has 1 N–H and O–H groups in total. The van der Waals surface area contributed by atoms with E-state index < -0.39 is 34.1 Å². The molecule has 0 aromatic heterocycles. The smallest absolute Gasteiger partial charge is 0.412 e. The molecule has 0 radical (unpaired) electrons. The summed E-state index contributed by atoms with van der Waals surface area (Å²) >= 11 is 0. The maximum Gasteiger partial charge on any atom is 0.412 e. The van der Waals surface area contributed by atoms with Crippen molar-refractivity contribution in [2.45, 2.75) is 26.4 Å². The number of amides is 1. The van der Waals surface area contributed by atoms with Gasteiger partial charge in [0.1, 0.15) is 11.3 Å². The van der Waals surface area contributed by atoms with E-state index in [9.17, 15) is 24.5 Å². The molecule has 0 aliphatic rings. The molecule has 0 aliphatic carbocycles. The molecule has 0 spiro atoms. The molecular formula is C16H18N2O7. The summed E-state index contributed by atoms with van der Waals surface area (Å²) in [5, 5.41) is 12.8. The first kappa shape index (κ1) is 19.8. The molecule has 0 aliphatic heterocycles. The molecule has 0 unspecified atom stereocenters. The lowest BCUT2D eigenvalue weighted by Gasteiger charge is -2.20. The van der Waals surface area contributed by atoms with Crippen LogP contribution in [-0.4, -0.2) is 35.5 Å². The number of nitrogens with zero attached hydrogens (tertiary/aromatic N) is 1. The van der Waals surface area contributed by atoms with Crippen molar-refractivity contribution in [2.24, 2.45) is 0 Å². The van der Waals surface area contributed by atoms with E-state index in [-0.39, 0.29) is 11.3 Å². The number of nitro benzene ring substituents is 1. The zero-order chi connectivity index (χ0) is 19.2. The van der Waals surface area contributed by atoms with Gasteiger partial charge in [0.2, 0.25) is 0 Å². The SMILES string of the molecule is COC(=O)/C(=C\C(=O)c1ccc([N+](=O)[O-])cc1)NC(=O)OC(C)(C)C. The third-order valence-electron chi connectivity index (χ3n) is 2.68. The molecule has 0 atom stereocenters. The normalized spacial score (nSPS) is 11.4. The first-order chi connectivity index (χ1) is 11.5. The number of methoxy groups -OCH3 is 1. The summed E-state index contributed by atoms with van der Waals surface area (Å²) in [5.41, 5.74) is -1.30. The molecule has 1 aromatic carbocycles. The van der Waals surface area contributed by atoms with E-state index >= 15 is 0 Å². The second kappa shape index (κ2) is 8.04. The Morgan fingerprint density at radius 2 is 1.72 bits per heavy atom. The summed E-state index contributed by atoms with van der Waals surface area (Å²) in [6.45, 7) is 4.91. The van der Waals surface area contributed by atoms with Gasteiger partial charge in [-0.15, -0.1) is 0 Å². The molecule has 0 saturated carbocycles. The number of ketones is 1. The van der Waals surface area contributed by atoms with Crippen LogP contribution in [0.15, 0.2) is 36.0 Å². The van der Waals surface area contributed by atoms with Gasteiger partial charge in [-0.2, -0.15) is 0 Å². The topological polar surface area (TPSA) is 125 Å². The molecule has 0 heterocycles. The summed E-state index contributed by atoms with van der Waals surface area (Å²) in [6.07, 6.45) is -0.0719. The van der Waals surface area contributed by atoms with E-state index in [2.05, 4.69) is 10.1 Å². The second-order valence-corrected chi connectivity index (χ2v) is 5.84. The average Bonchev–Trinajstić information content (AvgIpc) is 2.51. The van der Waals surface area contributed by atoms with Gasteiger partial charge >= 0.3 is 12.1 Å². The van der Waals surface area contributed by atoms with Gasteiger partial charge in [0.25, 0.3) is 5.69 Å². The highest BCUT2D eigenvalue weighted by Gasteiger charge is 2.21. The summed E-state index contributed by atoms with van der Waals surface area (Å²) < 4.78 is 9.52. The van der Waals surface area contributed by atoms with E-state index in [1.807, 2.05) is 0 Å². The Labute approximate surface area is 143 Å². The highest BCUT2D eigenvalue weighted by atomic mass is 16.6. The minimum atomic E-state index is -0.943. The summed E-state index contributed by atoms with van der Waals surface area (Å²) in [6, 6.07) is 4.78. The Bertz CT molecular complexity index is 715. The third-order valence-corrected chi connectivity index (χ3v) is 2.68. The zero-order valence-corrected chi connectivity index (χ0v) is 14.2. The predicted molar refractivity (Wildman–Crippen MR) is 86.9 cm³/mol. The van der Waals surface area contributed by atoms with Gasteiger partial charge in [0.15, 0.2) is 5.78 Å². The number of carbonyl (C=O) groups is 3. The second-order valence-electron chi connectivity index (χ2n) is 5.84. The molecule has 134 valence electrons. The van der Waals surface area contributed by atoms with Crippen molar-refractivity contribution >= 4 is 23.5 Å². The summed E-state index contributed by atoms with van der Waals surface area (Å²) in [4.78, 5) is 45.7. The van der Waals surface area contributed by atoms with Gasteiger partial charge in [-0.05, 0) is 32.9 Å². The van der Waals surface area contributed by atoms with Crippen LogP contribution in [0.3, 0.4) is 0 Å². The number of allylic oxidation sites excluding steroid dienone is 1. The Morgan fingerprint density at radius 1 is 1.16 bits per heavy atom. The van der Waals surface area contributed by atoms with Crippen molar-refractivity contribution in [1.82, 2.24) is 5.32 Å².